The molecule has 2 aromatic rings. The summed E-state index contributed by atoms with van der Waals surface area (Å²) >= 11 is 0. The molecule has 0 N–H and O–H groups in total. The third kappa shape index (κ3) is 4.43. The highest BCUT2D eigenvalue weighted by Crippen LogP contribution is 2.17. The van der Waals surface area contributed by atoms with Gasteiger partial charge in [-0.15, -0.1) is 0 Å². The highest BCUT2D eigenvalue weighted by Gasteiger charge is 2.11. The Morgan fingerprint density at radius 1 is 0.917 bits per heavy atom. The SMILES string of the molecule is O=C(C=CC=Cc1ccccc1)c1ccc(N2CCOCC2)cc1. The summed E-state index contributed by atoms with van der Waals surface area (Å²) < 4.78 is 5.36. The van der Waals surface area contributed by atoms with Crippen LogP contribution in [0.1, 0.15) is 15.9 Å². The fraction of sp³-hybridized carbons (Fsp3) is 0.190. The quantitative estimate of drug-likeness (QED) is 0.474. The average molecular weight is 319 g/mol. The number of morpholine rings is 1. The van der Waals surface area contributed by atoms with Gasteiger partial charge in [-0.2, -0.15) is 0 Å². The molecule has 0 radical (unpaired) electrons. The molecule has 3 heteroatoms. The Kier molecular flexibility index (Phi) is 5.59. The molecule has 2 aromatic carbocycles. The maximum atomic E-state index is 12.2. The molecule has 0 aromatic heterocycles. The summed E-state index contributed by atoms with van der Waals surface area (Å²) in [5.41, 5.74) is 2.96. The smallest absolute Gasteiger partial charge is 0.185 e. The second-order valence-electron chi connectivity index (χ2n) is 5.64. The van der Waals surface area contributed by atoms with Crippen molar-refractivity contribution in [2.75, 3.05) is 31.2 Å². The van der Waals surface area contributed by atoms with Gasteiger partial charge in [0.1, 0.15) is 0 Å². The lowest BCUT2D eigenvalue weighted by Crippen LogP contribution is -2.36. The van der Waals surface area contributed by atoms with Crippen LogP contribution in [0, 0.1) is 0 Å². The van der Waals surface area contributed by atoms with Gasteiger partial charge in [0.2, 0.25) is 0 Å². The lowest BCUT2D eigenvalue weighted by atomic mass is 10.1. The van der Waals surface area contributed by atoms with E-state index in [9.17, 15) is 4.79 Å². The third-order valence-corrected chi connectivity index (χ3v) is 3.98. The van der Waals surface area contributed by atoms with Crippen LogP contribution in [-0.4, -0.2) is 32.1 Å². The van der Waals surface area contributed by atoms with E-state index in [1.165, 1.54) is 0 Å². The number of carbonyl (C=O) groups excluding carboxylic acids is 1. The zero-order chi connectivity index (χ0) is 16.6. The Labute approximate surface area is 142 Å². The molecule has 0 spiro atoms. The maximum Gasteiger partial charge on any atom is 0.185 e. The van der Waals surface area contributed by atoms with Gasteiger partial charge < -0.3 is 9.64 Å². The Balaban J connectivity index is 1.58. The van der Waals surface area contributed by atoms with E-state index in [0.717, 1.165) is 37.6 Å². The van der Waals surface area contributed by atoms with Gasteiger partial charge in [-0.1, -0.05) is 48.6 Å². The molecule has 1 saturated heterocycles. The van der Waals surface area contributed by atoms with Gasteiger partial charge in [-0.05, 0) is 35.9 Å². The number of anilines is 1. The number of allylic oxidation sites excluding steroid dienone is 3. The van der Waals surface area contributed by atoms with Crippen molar-refractivity contribution in [3.8, 4) is 0 Å². The van der Waals surface area contributed by atoms with Gasteiger partial charge >= 0.3 is 0 Å². The first-order valence-corrected chi connectivity index (χ1v) is 8.20. The van der Waals surface area contributed by atoms with Crippen LogP contribution in [0.4, 0.5) is 5.69 Å². The molecule has 1 aliphatic rings. The number of rotatable bonds is 5. The monoisotopic (exact) mass is 319 g/mol. The number of benzene rings is 2. The maximum absolute atomic E-state index is 12.2. The fourth-order valence-corrected chi connectivity index (χ4v) is 2.63. The number of ketones is 1. The predicted octanol–water partition coefficient (Wildman–Crippen LogP) is 3.98. The molecule has 3 nitrogen and oxygen atoms in total. The van der Waals surface area contributed by atoms with Crippen LogP contribution < -0.4 is 4.90 Å². The molecule has 0 aliphatic carbocycles. The van der Waals surface area contributed by atoms with E-state index >= 15 is 0 Å². The molecule has 0 bridgehead atoms. The van der Waals surface area contributed by atoms with Crippen molar-refractivity contribution in [2.24, 2.45) is 0 Å². The Bertz CT molecular complexity index is 711. The van der Waals surface area contributed by atoms with E-state index in [0.29, 0.717) is 5.56 Å². The Hall–Kier alpha value is -2.65. The Morgan fingerprint density at radius 2 is 1.62 bits per heavy atom. The first-order chi connectivity index (χ1) is 11.8. The molecule has 24 heavy (non-hydrogen) atoms. The lowest BCUT2D eigenvalue weighted by Gasteiger charge is -2.28. The molecule has 0 unspecified atom stereocenters. The van der Waals surface area contributed by atoms with Crippen molar-refractivity contribution < 1.29 is 9.53 Å². The van der Waals surface area contributed by atoms with Gasteiger partial charge in [-0.25, -0.2) is 0 Å². The highest BCUT2D eigenvalue weighted by molar-refractivity contribution is 6.04. The lowest BCUT2D eigenvalue weighted by molar-refractivity contribution is 0.104. The van der Waals surface area contributed by atoms with Gasteiger partial charge in [0, 0.05) is 24.3 Å². The zero-order valence-corrected chi connectivity index (χ0v) is 13.6. The summed E-state index contributed by atoms with van der Waals surface area (Å²) in [7, 11) is 0. The van der Waals surface area contributed by atoms with Crippen LogP contribution in [0.2, 0.25) is 0 Å². The number of ether oxygens (including phenoxy) is 1. The zero-order valence-electron chi connectivity index (χ0n) is 13.6. The molecular weight excluding hydrogens is 298 g/mol. The van der Waals surface area contributed by atoms with E-state index in [4.69, 9.17) is 4.74 Å². The minimum Gasteiger partial charge on any atom is -0.378 e. The van der Waals surface area contributed by atoms with E-state index < -0.39 is 0 Å². The number of nitrogens with zero attached hydrogens (tertiary/aromatic N) is 1. The second kappa shape index (κ2) is 8.27. The summed E-state index contributed by atoms with van der Waals surface area (Å²) in [6.07, 6.45) is 7.25. The summed E-state index contributed by atoms with van der Waals surface area (Å²) in [4.78, 5) is 14.5. The standard InChI is InChI=1S/C21H21NO2/c23-21(9-5-4-8-18-6-2-1-3-7-18)19-10-12-20(13-11-19)22-14-16-24-17-15-22/h1-13H,14-17H2. The minimum absolute atomic E-state index is 0.0150. The predicted molar refractivity (Wildman–Crippen MR) is 98.4 cm³/mol. The largest absolute Gasteiger partial charge is 0.378 e. The summed E-state index contributed by atoms with van der Waals surface area (Å²) in [6, 6.07) is 17.8. The van der Waals surface area contributed by atoms with Crippen molar-refractivity contribution in [2.45, 2.75) is 0 Å². The van der Waals surface area contributed by atoms with Crippen LogP contribution in [0.15, 0.2) is 72.8 Å². The summed E-state index contributed by atoms with van der Waals surface area (Å²) in [6.45, 7) is 3.32. The highest BCUT2D eigenvalue weighted by atomic mass is 16.5. The normalized spacial score (nSPS) is 15.2. The molecule has 122 valence electrons. The van der Waals surface area contributed by atoms with Crippen molar-refractivity contribution in [3.05, 3.63) is 84.0 Å². The van der Waals surface area contributed by atoms with Crippen LogP contribution in [0.25, 0.3) is 6.08 Å². The molecule has 1 fully saturated rings. The first kappa shape index (κ1) is 16.2. The van der Waals surface area contributed by atoms with Crippen LogP contribution in [0.3, 0.4) is 0 Å². The molecule has 3 rings (SSSR count). The average Bonchev–Trinajstić information content (AvgIpc) is 2.67. The van der Waals surface area contributed by atoms with E-state index in [1.54, 1.807) is 12.2 Å². The van der Waals surface area contributed by atoms with Crippen molar-refractivity contribution in [1.29, 1.82) is 0 Å². The summed E-state index contributed by atoms with van der Waals surface area (Å²) in [5, 5.41) is 0. The number of hydrogen-bond donors (Lipinski definition) is 0. The molecule has 1 heterocycles. The van der Waals surface area contributed by atoms with Gasteiger partial charge in [0.05, 0.1) is 13.2 Å². The molecular formula is C21H21NO2. The Morgan fingerprint density at radius 3 is 2.33 bits per heavy atom. The topological polar surface area (TPSA) is 29.5 Å². The van der Waals surface area contributed by atoms with Crippen LogP contribution >= 0.6 is 0 Å². The third-order valence-electron chi connectivity index (χ3n) is 3.98. The van der Waals surface area contributed by atoms with Gasteiger partial charge in [-0.3, -0.25) is 4.79 Å². The van der Waals surface area contributed by atoms with Gasteiger partial charge in [0.15, 0.2) is 5.78 Å². The van der Waals surface area contributed by atoms with Gasteiger partial charge in [0.25, 0.3) is 0 Å². The molecule has 1 aliphatic heterocycles. The van der Waals surface area contributed by atoms with Crippen LogP contribution in [0.5, 0.6) is 0 Å². The second-order valence-corrected chi connectivity index (χ2v) is 5.64. The number of hydrogen-bond acceptors (Lipinski definition) is 3. The molecule has 0 atom stereocenters. The van der Waals surface area contributed by atoms with Crippen LogP contribution in [-0.2, 0) is 4.74 Å². The van der Waals surface area contributed by atoms with E-state index in [1.807, 2.05) is 66.7 Å². The summed E-state index contributed by atoms with van der Waals surface area (Å²) in [5.74, 6) is 0.0150. The van der Waals surface area contributed by atoms with Crippen molar-refractivity contribution >= 4 is 17.5 Å². The first-order valence-electron chi connectivity index (χ1n) is 8.20. The van der Waals surface area contributed by atoms with E-state index in [-0.39, 0.29) is 5.78 Å². The molecule has 0 amide bonds. The van der Waals surface area contributed by atoms with Crippen molar-refractivity contribution in [1.82, 2.24) is 0 Å². The van der Waals surface area contributed by atoms with Crippen molar-refractivity contribution in [3.63, 3.8) is 0 Å². The molecule has 0 saturated carbocycles. The van der Waals surface area contributed by atoms with E-state index in [2.05, 4.69) is 4.90 Å². The fourth-order valence-electron chi connectivity index (χ4n) is 2.63. The minimum atomic E-state index is 0.0150. The number of carbonyl (C=O) groups is 1.